The van der Waals surface area contributed by atoms with Gasteiger partial charge in [0, 0.05) is 18.3 Å². The molecule has 0 atom stereocenters. The third-order valence-corrected chi connectivity index (χ3v) is 3.91. The number of halogens is 3. The summed E-state index contributed by atoms with van der Waals surface area (Å²) in [4.78, 5) is 24.6. The number of carboxylic acid groups (broad SMARTS) is 2. The fourth-order valence-corrected chi connectivity index (χ4v) is 2.47. The topological polar surface area (TPSA) is 131 Å². The summed E-state index contributed by atoms with van der Waals surface area (Å²) in [5, 5.41) is 20.8. The molecule has 0 unspecified atom stereocenters. The van der Waals surface area contributed by atoms with Crippen LogP contribution in [0.3, 0.4) is 0 Å². The number of benzene rings is 1. The lowest BCUT2D eigenvalue weighted by atomic mass is 10.1. The molecule has 3 aromatic rings. The number of carboxylic acids is 2. The second-order valence-corrected chi connectivity index (χ2v) is 6.25. The molecule has 2 heterocycles. The second kappa shape index (κ2) is 10.9. The van der Waals surface area contributed by atoms with Crippen LogP contribution < -0.4 is 5.73 Å². The van der Waals surface area contributed by atoms with E-state index < -0.39 is 18.1 Å². The molecule has 11 heteroatoms. The number of nitrogens with zero attached hydrogens (tertiary/aromatic N) is 3. The second-order valence-electron chi connectivity index (χ2n) is 6.25. The highest BCUT2D eigenvalue weighted by atomic mass is 19.4. The van der Waals surface area contributed by atoms with Crippen molar-refractivity contribution in [3.05, 3.63) is 71.7 Å². The van der Waals surface area contributed by atoms with E-state index in [1.807, 2.05) is 48.6 Å². The average molecular weight is 448 g/mol. The van der Waals surface area contributed by atoms with Crippen molar-refractivity contribution in [1.29, 1.82) is 0 Å². The van der Waals surface area contributed by atoms with Crippen LogP contribution in [-0.2, 0) is 11.3 Å². The summed E-state index contributed by atoms with van der Waals surface area (Å²) in [6, 6.07) is 15.2. The molecule has 0 saturated heterocycles. The van der Waals surface area contributed by atoms with E-state index in [1.165, 1.54) is 4.68 Å². The van der Waals surface area contributed by atoms with Gasteiger partial charge in [0.2, 0.25) is 0 Å². The lowest BCUT2D eigenvalue weighted by molar-refractivity contribution is -0.192. The Kier molecular flexibility index (Phi) is 8.24. The summed E-state index contributed by atoms with van der Waals surface area (Å²) < 4.78 is 33.2. The Morgan fingerprint density at radius 2 is 1.72 bits per heavy atom. The minimum atomic E-state index is -5.08. The zero-order chi connectivity index (χ0) is 23.7. The first-order valence-electron chi connectivity index (χ1n) is 9.12. The van der Waals surface area contributed by atoms with Crippen LogP contribution in [0.5, 0.6) is 0 Å². The lowest BCUT2D eigenvalue weighted by Crippen LogP contribution is -2.21. The van der Waals surface area contributed by atoms with E-state index >= 15 is 0 Å². The fourth-order valence-electron chi connectivity index (χ4n) is 2.47. The van der Waals surface area contributed by atoms with Gasteiger partial charge in [0.15, 0.2) is 0 Å². The van der Waals surface area contributed by atoms with Crippen molar-refractivity contribution in [2.45, 2.75) is 12.7 Å². The van der Waals surface area contributed by atoms with Gasteiger partial charge >= 0.3 is 18.1 Å². The van der Waals surface area contributed by atoms with Crippen LogP contribution >= 0.6 is 0 Å². The van der Waals surface area contributed by atoms with Crippen molar-refractivity contribution in [1.82, 2.24) is 14.8 Å². The number of rotatable bonds is 6. The minimum Gasteiger partial charge on any atom is -0.477 e. The van der Waals surface area contributed by atoms with Gasteiger partial charge in [-0.3, -0.25) is 9.67 Å². The number of aromatic carboxylic acids is 1. The minimum absolute atomic E-state index is 0.124. The molecule has 1 aromatic carbocycles. The summed E-state index contributed by atoms with van der Waals surface area (Å²) in [6.07, 6.45) is 0.484. The number of alkyl halides is 3. The summed E-state index contributed by atoms with van der Waals surface area (Å²) >= 11 is 0. The molecular weight excluding hydrogens is 429 g/mol. The summed E-state index contributed by atoms with van der Waals surface area (Å²) in [7, 11) is 0. The highest BCUT2D eigenvalue weighted by Crippen LogP contribution is 2.20. The van der Waals surface area contributed by atoms with Crippen LogP contribution in [-0.4, -0.2) is 49.6 Å². The molecule has 168 valence electrons. The van der Waals surface area contributed by atoms with E-state index in [4.69, 9.17) is 15.6 Å². The lowest BCUT2D eigenvalue weighted by Gasteiger charge is -2.01. The number of aliphatic carboxylic acids is 1. The number of hydrogen-bond acceptors (Lipinski definition) is 5. The monoisotopic (exact) mass is 448 g/mol. The zero-order valence-corrected chi connectivity index (χ0v) is 16.5. The van der Waals surface area contributed by atoms with E-state index in [0.29, 0.717) is 18.8 Å². The van der Waals surface area contributed by atoms with E-state index in [2.05, 4.69) is 10.1 Å². The molecule has 2 aromatic heterocycles. The highest BCUT2D eigenvalue weighted by Gasteiger charge is 2.38. The van der Waals surface area contributed by atoms with E-state index in [-0.39, 0.29) is 5.69 Å². The van der Waals surface area contributed by atoms with E-state index in [1.54, 1.807) is 18.3 Å². The van der Waals surface area contributed by atoms with Gasteiger partial charge in [-0.15, -0.1) is 0 Å². The number of pyridine rings is 1. The van der Waals surface area contributed by atoms with Gasteiger partial charge in [0.05, 0.1) is 17.9 Å². The average Bonchev–Trinajstić information content (AvgIpc) is 3.18. The van der Waals surface area contributed by atoms with Crippen LogP contribution in [0, 0.1) is 0 Å². The third kappa shape index (κ3) is 7.06. The van der Waals surface area contributed by atoms with Crippen LogP contribution in [0.4, 0.5) is 13.2 Å². The number of carbonyl (C=O) groups is 2. The van der Waals surface area contributed by atoms with Crippen molar-refractivity contribution < 1.29 is 33.0 Å². The highest BCUT2D eigenvalue weighted by molar-refractivity contribution is 5.87. The Morgan fingerprint density at radius 3 is 2.28 bits per heavy atom. The number of aromatic nitrogens is 3. The largest absolute Gasteiger partial charge is 0.490 e. The molecule has 0 saturated carbocycles. The van der Waals surface area contributed by atoms with Crippen molar-refractivity contribution in [3.8, 4) is 11.3 Å². The Hall–Kier alpha value is -3.99. The molecule has 0 aliphatic heterocycles. The molecule has 0 aliphatic rings. The van der Waals surface area contributed by atoms with Crippen LogP contribution in [0.1, 0.15) is 21.7 Å². The third-order valence-electron chi connectivity index (χ3n) is 3.91. The van der Waals surface area contributed by atoms with Crippen molar-refractivity contribution in [2.75, 3.05) is 6.54 Å². The summed E-state index contributed by atoms with van der Waals surface area (Å²) in [6.45, 7) is 0.677. The van der Waals surface area contributed by atoms with Gasteiger partial charge in [-0.2, -0.15) is 18.3 Å². The SMILES string of the molecule is NCCn1nc(-c2ccnc(/C=C/c3ccccc3)c2)cc1C(=O)O.O=C(O)C(F)(F)F. The quantitative estimate of drug-likeness (QED) is 0.527. The predicted molar refractivity (Wildman–Crippen MR) is 111 cm³/mol. The maximum absolute atomic E-state index is 11.3. The van der Waals surface area contributed by atoms with Crippen molar-refractivity contribution in [3.63, 3.8) is 0 Å². The first kappa shape index (κ1) is 24.3. The first-order chi connectivity index (χ1) is 15.1. The van der Waals surface area contributed by atoms with Crippen LogP contribution in [0.2, 0.25) is 0 Å². The van der Waals surface area contributed by atoms with Gasteiger partial charge in [0.1, 0.15) is 5.69 Å². The molecular formula is C21H19F3N4O4. The van der Waals surface area contributed by atoms with Crippen LogP contribution in [0.25, 0.3) is 23.4 Å². The molecule has 8 nitrogen and oxygen atoms in total. The molecule has 0 radical (unpaired) electrons. The number of nitrogens with two attached hydrogens (primary N) is 1. The van der Waals surface area contributed by atoms with Gasteiger partial charge < -0.3 is 15.9 Å². The molecule has 4 N–H and O–H groups in total. The fraction of sp³-hybridized carbons (Fsp3) is 0.143. The van der Waals surface area contributed by atoms with Gasteiger partial charge in [0.25, 0.3) is 0 Å². The predicted octanol–water partition coefficient (Wildman–Crippen LogP) is 3.41. The van der Waals surface area contributed by atoms with Gasteiger partial charge in [-0.25, -0.2) is 9.59 Å². The Labute approximate surface area is 180 Å². The maximum atomic E-state index is 11.3. The number of hydrogen-bond donors (Lipinski definition) is 3. The van der Waals surface area contributed by atoms with Crippen LogP contribution in [0.15, 0.2) is 54.7 Å². The molecule has 0 spiro atoms. The summed E-state index contributed by atoms with van der Waals surface area (Å²) in [5.41, 5.74) is 8.89. The molecule has 3 rings (SSSR count). The van der Waals surface area contributed by atoms with Gasteiger partial charge in [-0.05, 0) is 29.8 Å². The van der Waals surface area contributed by atoms with E-state index in [0.717, 1.165) is 16.8 Å². The van der Waals surface area contributed by atoms with Crippen molar-refractivity contribution >= 4 is 24.1 Å². The van der Waals surface area contributed by atoms with E-state index in [9.17, 15) is 23.1 Å². The summed E-state index contributed by atoms with van der Waals surface area (Å²) in [5.74, 6) is -3.78. The Bertz CT molecular complexity index is 1100. The molecule has 32 heavy (non-hydrogen) atoms. The molecule has 0 bridgehead atoms. The van der Waals surface area contributed by atoms with Crippen molar-refractivity contribution in [2.24, 2.45) is 5.73 Å². The van der Waals surface area contributed by atoms with Gasteiger partial charge in [-0.1, -0.05) is 36.4 Å². The normalized spacial score (nSPS) is 11.1. The zero-order valence-electron chi connectivity index (χ0n) is 16.5. The Balaban J connectivity index is 0.000000451. The Morgan fingerprint density at radius 1 is 1.06 bits per heavy atom. The maximum Gasteiger partial charge on any atom is 0.490 e. The molecule has 0 aliphatic carbocycles. The molecule has 0 amide bonds. The molecule has 0 fully saturated rings. The first-order valence-corrected chi connectivity index (χ1v) is 9.12. The smallest absolute Gasteiger partial charge is 0.477 e. The standard InChI is InChI=1S/C19H18N4O2.C2HF3O2/c20-9-11-23-18(19(24)25)13-17(22-23)15-8-10-21-16(12-15)7-6-14-4-2-1-3-5-14;3-2(4,5)1(6)7/h1-8,10,12-13H,9,11,20H2,(H,24,25);(H,6,7)/b7-6+;.